The molecule has 1 aromatic heterocycles. The van der Waals surface area contributed by atoms with Crippen molar-refractivity contribution < 1.29 is 13.9 Å². The Morgan fingerprint density at radius 3 is 2.83 bits per heavy atom. The fourth-order valence-corrected chi connectivity index (χ4v) is 2.30. The van der Waals surface area contributed by atoms with E-state index in [2.05, 4.69) is 40.3 Å². The van der Waals surface area contributed by atoms with Crippen molar-refractivity contribution in [2.75, 3.05) is 6.61 Å². The van der Waals surface area contributed by atoms with Crippen molar-refractivity contribution in [1.82, 2.24) is 5.43 Å². The van der Waals surface area contributed by atoms with Gasteiger partial charge < -0.3 is 9.15 Å². The Kier molecular flexibility index (Phi) is 5.98. The molecule has 2 rings (SSSR count). The van der Waals surface area contributed by atoms with Crippen LogP contribution in [0.1, 0.15) is 36.7 Å². The van der Waals surface area contributed by atoms with Gasteiger partial charge in [0.15, 0.2) is 11.3 Å². The van der Waals surface area contributed by atoms with Crippen molar-refractivity contribution in [2.24, 2.45) is 5.10 Å². The van der Waals surface area contributed by atoms with E-state index < -0.39 is 0 Å². The minimum absolute atomic E-state index is 0.0949. The molecule has 122 valence electrons. The number of aryl methyl sites for hydroxylation is 1. The molecule has 0 saturated carbocycles. The zero-order valence-corrected chi connectivity index (χ0v) is 14.9. The molecule has 1 amide bonds. The van der Waals surface area contributed by atoms with E-state index in [1.165, 1.54) is 6.21 Å². The lowest BCUT2D eigenvalue weighted by molar-refractivity contribution is -0.123. The molecule has 1 heterocycles. The SMILES string of the molecule is Cc1ccc(C(C)C)c(OCC(=O)N/N=C/c2ccc(Br)o2)c1. The van der Waals surface area contributed by atoms with Crippen molar-refractivity contribution >= 4 is 28.1 Å². The van der Waals surface area contributed by atoms with Gasteiger partial charge in [-0.3, -0.25) is 4.79 Å². The summed E-state index contributed by atoms with van der Waals surface area (Å²) in [5.41, 5.74) is 4.57. The summed E-state index contributed by atoms with van der Waals surface area (Å²) in [6.45, 7) is 6.07. The molecule has 0 fully saturated rings. The summed E-state index contributed by atoms with van der Waals surface area (Å²) in [6.07, 6.45) is 1.43. The molecule has 0 aliphatic rings. The van der Waals surface area contributed by atoms with Crippen LogP contribution < -0.4 is 10.2 Å². The van der Waals surface area contributed by atoms with Gasteiger partial charge >= 0.3 is 0 Å². The summed E-state index contributed by atoms with van der Waals surface area (Å²) in [7, 11) is 0. The van der Waals surface area contributed by atoms with Gasteiger partial charge in [0.2, 0.25) is 0 Å². The first kappa shape index (κ1) is 17.3. The molecule has 0 bridgehead atoms. The van der Waals surface area contributed by atoms with E-state index in [1.54, 1.807) is 12.1 Å². The molecule has 0 aliphatic carbocycles. The van der Waals surface area contributed by atoms with Crippen molar-refractivity contribution in [2.45, 2.75) is 26.7 Å². The standard InChI is InChI=1S/C17H19BrN2O3/c1-11(2)14-6-4-12(3)8-15(14)22-10-17(21)20-19-9-13-5-7-16(18)23-13/h4-9,11H,10H2,1-3H3,(H,20,21)/b19-9+. The summed E-state index contributed by atoms with van der Waals surface area (Å²) in [5.74, 6) is 1.26. The van der Waals surface area contributed by atoms with Crippen LogP contribution in [0.15, 0.2) is 44.5 Å². The second kappa shape index (κ2) is 7.97. The zero-order valence-electron chi connectivity index (χ0n) is 13.3. The summed E-state index contributed by atoms with van der Waals surface area (Å²) in [4.78, 5) is 11.8. The highest BCUT2D eigenvalue weighted by molar-refractivity contribution is 9.10. The molecule has 1 N–H and O–H groups in total. The van der Waals surface area contributed by atoms with Gasteiger partial charge in [0, 0.05) is 0 Å². The predicted molar refractivity (Wildman–Crippen MR) is 92.9 cm³/mol. The third kappa shape index (κ3) is 5.25. The lowest BCUT2D eigenvalue weighted by atomic mass is 10.0. The van der Waals surface area contributed by atoms with Gasteiger partial charge in [-0.2, -0.15) is 5.10 Å². The van der Waals surface area contributed by atoms with Crippen LogP contribution >= 0.6 is 15.9 Å². The molecular formula is C17H19BrN2O3. The molecule has 0 saturated heterocycles. The molecule has 2 aromatic rings. The lowest BCUT2D eigenvalue weighted by Crippen LogP contribution is -2.24. The largest absolute Gasteiger partial charge is 0.483 e. The number of amides is 1. The van der Waals surface area contributed by atoms with Crippen molar-refractivity contribution in [3.05, 3.63) is 51.9 Å². The van der Waals surface area contributed by atoms with Crippen LogP contribution in [0, 0.1) is 6.92 Å². The Morgan fingerprint density at radius 1 is 1.39 bits per heavy atom. The molecule has 0 radical (unpaired) electrons. The fourth-order valence-electron chi connectivity index (χ4n) is 1.98. The van der Waals surface area contributed by atoms with E-state index in [0.717, 1.165) is 16.9 Å². The van der Waals surface area contributed by atoms with Crippen molar-refractivity contribution in [3.8, 4) is 5.75 Å². The number of hydrazone groups is 1. The highest BCUT2D eigenvalue weighted by Crippen LogP contribution is 2.27. The average molecular weight is 379 g/mol. The minimum atomic E-state index is -0.330. The van der Waals surface area contributed by atoms with Gasteiger partial charge in [-0.25, -0.2) is 5.43 Å². The molecule has 0 aliphatic heterocycles. The number of hydrogen-bond donors (Lipinski definition) is 1. The number of carbonyl (C=O) groups is 1. The molecule has 0 spiro atoms. The first-order valence-electron chi connectivity index (χ1n) is 7.26. The smallest absolute Gasteiger partial charge is 0.277 e. The lowest BCUT2D eigenvalue weighted by Gasteiger charge is -2.14. The zero-order chi connectivity index (χ0) is 16.8. The van der Waals surface area contributed by atoms with Gasteiger partial charge in [0.05, 0.1) is 6.21 Å². The van der Waals surface area contributed by atoms with E-state index in [4.69, 9.17) is 9.15 Å². The minimum Gasteiger partial charge on any atom is -0.483 e. The van der Waals surface area contributed by atoms with E-state index in [9.17, 15) is 4.79 Å². The quantitative estimate of drug-likeness (QED) is 0.610. The molecule has 0 atom stereocenters. The maximum Gasteiger partial charge on any atom is 0.277 e. The van der Waals surface area contributed by atoms with Crippen molar-refractivity contribution in [3.63, 3.8) is 0 Å². The summed E-state index contributed by atoms with van der Waals surface area (Å²) < 4.78 is 11.5. The van der Waals surface area contributed by atoms with E-state index in [1.807, 2.05) is 25.1 Å². The Bertz CT molecular complexity index is 708. The predicted octanol–water partition coefficient (Wildman–Crippen LogP) is 4.00. The second-order valence-electron chi connectivity index (χ2n) is 5.42. The second-order valence-corrected chi connectivity index (χ2v) is 6.20. The molecule has 6 heteroatoms. The van der Waals surface area contributed by atoms with Gasteiger partial charge in [-0.05, 0) is 58.1 Å². The number of furan rings is 1. The first-order valence-corrected chi connectivity index (χ1v) is 8.05. The molecule has 1 aromatic carbocycles. The number of nitrogens with one attached hydrogen (secondary N) is 1. The van der Waals surface area contributed by atoms with Gasteiger partial charge in [0.25, 0.3) is 5.91 Å². The van der Waals surface area contributed by atoms with Crippen LogP contribution in [0.2, 0.25) is 0 Å². The molecule has 23 heavy (non-hydrogen) atoms. The summed E-state index contributed by atoms with van der Waals surface area (Å²) in [6, 6.07) is 9.48. The Morgan fingerprint density at radius 2 is 2.17 bits per heavy atom. The van der Waals surface area contributed by atoms with Crippen LogP contribution in [-0.4, -0.2) is 18.7 Å². The monoisotopic (exact) mass is 378 g/mol. The topological polar surface area (TPSA) is 63.8 Å². The maximum atomic E-state index is 11.8. The summed E-state index contributed by atoms with van der Waals surface area (Å²) >= 11 is 3.19. The highest BCUT2D eigenvalue weighted by atomic mass is 79.9. The van der Waals surface area contributed by atoms with Crippen LogP contribution in [0.25, 0.3) is 0 Å². The number of benzene rings is 1. The molecule has 5 nitrogen and oxygen atoms in total. The third-order valence-electron chi connectivity index (χ3n) is 3.12. The normalized spacial score (nSPS) is 11.2. The van der Waals surface area contributed by atoms with Crippen LogP contribution in [0.4, 0.5) is 0 Å². The Hall–Kier alpha value is -2.08. The number of carbonyl (C=O) groups excluding carboxylic acids is 1. The van der Waals surface area contributed by atoms with E-state index in [-0.39, 0.29) is 12.5 Å². The van der Waals surface area contributed by atoms with Crippen LogP contribution in [0.3, 0.4) is 0 Å². The van der Waals surface area contributed by atoms with Crippen molar-refractivity contribution in [1.29, 1.82) is 0 Å². The molecule has 0 unspecified atom stereocenters. The average Bonchev–Trinajstić information content (AvgIpc) is 2.90. The Labute approximate surface area is 143 Å². The fraction of sp³-hybridized carbons (Fsp3) is 0.294. The van der Waals surface area contributed by atoms with Crippen LogP contribution in [-0.2, 0) is 4.79 Å². The number of rotatable bonds is 6. The van der Waals surface area contributed by atoms with Gasteiger partial charge in [0.1, 0.15) is 11.5 Å². The maximum absolute atomic E-state index is 11.8. The summed E-state index contributed by atoms with van der Waals surface area (Å²) in [5, 5.41) is 3.82. The van der Waals surface area contributed by atoms with Crippen LogP contribution in [0.5, 0.6) is 5.75 Å². The number of hydrogen-bond acceptors (Lipinski definition) is 4. The van der Waals surface area contributed by atoms with Gasteiger partial charge in [-0.15, -0.1) is 0 Å². The Balaban J connectivity index is 1.89. The number of nitrogens with zero attached hydrogens (tertiary/aromatic N) is 1. The van der Waals surface area contributed by atoms with E-state index >= 15 is 0 Å². The highest BCUT2D eigenvalue weighted by Gasteiger charge is 2.10. The van der Waals surface area contributed by atoms with Gasteiger partial charge in [-0.1, -0.05) is 26.0 Å². The number of halogens is 1. The first-order chi connectivity index (χ1) is 11.0. The molecular weight excluding hydrogens is 360 g/mol. The third-order valence-corrected chi connectivity index (χ3v) is 3.55. The van der Waals surface area contributed by atoms with E-state index in [0.29, 0.717) is 16.3 Å². The number of ether oxygens (including phenoxy) is 1.